The van der Waals surface area contributed by atoms with Crippen LogP contribution in [-0.2, 0) is 0 Å². The minimum absolute atomic E-state index is 0.290. The van der Waals surface area contributed by atoms with Crippen LogP contribution in [-0.4, -0.2) is 75.6 Å². The van der Waals surface area contributed by atoms with Crippen molar-refractivity contribution in [3.8, 4) is 0 Å². The highest BCUT2D eigenvalue weighted by atomic mass is 16.2. The summed E-state index contributed by atoms with van der Waals surface area (Å²) in [6.45, 7) is 2.67. The Hall–Kier alpha value is -5.52. The number of amidine groups is 2. The average molecular weight is 567 g/mol. The van der Waals surface area contributed by atoms with Crippen LogP contribution in [0, 0.1) is 0 Å². The minimum atomic E-state index is -0.406. The van der Waals surface area contributed by atoms with E-state index in [0.29, 0.717) is 82.6 Å². The van der Waals surface area contributed by atoms with Crippen molar-refractivity contribution in [2.75, 3.05) is 50.9 Å². The zero-order valence-electron chi connectivity index (χ0n) is 23.1. The molecule has 0 fully saturated rings. The van der Waals surface area contributed by atoms with Crippen LogP contribution in [0.25, 0.3) is 0 Å². The Morgan fingerprint density at radius 1 is 0.571 bits per heavy atom. The largest absolute Gasteiger partial charge is 0.368 e. The van der Waals surface area contributed by atoms with Gasteiger partial charge < -0.3 is 31.9 Å². The molecule has 12 heteroatoms. The highest BCUT2D eigenvalue weighted by Crippen LogP contribution is 2.20. The molecule has 0 atom stereocenters. The molecule has 0 saturated carbocycles. The molecule has 0 aliphatic carbocycles. The fourth-order valence-corrected chi connectivity index (χ4v) is 4.59. The van der Waals surface area contributed by atoms with Crippen LogP contribution in [0.5, 0.6) is 0 Å². The molecule has 0 unspecified atom stereocenters. The smallest absolute Gasteiger partial charge is 0.255 e. The summed E-state index contributed by atoms with van der Waals surface area (Å²) in [4.78, 5) is 59.6. The lowest BCUT2D eigenvalue weighted by Gasteiger charge is -2.12. The molecule has 0 bridgehead atoms. The molecule has 0 spiro atoms. The number of aliphatic imine (C=N–C) groups is 2. The van der Waals surface area contributed by atoms with E-state index in [1.54, 1.807) is 60.7 Å². The van der Waals surface area contributed by atoms with E-state index in [4.69, 9.17) is 0 Å². The van der Waals surface area contributed by atoms with E-state index in [-0.39, 0.29) is 11.8 Å². The van der Waals surface area contributed by atoms with Gasteiger partial charge in [-0.15, -0.1) is 0 Å². The topological polar surface area (TPSA) is 165 Å². The highest BCUT2D eigenvalue weighted by Gasteiger charge is 2.17. The molecule has 4 amide bonds. The van der Waals surface area contributed by atoms with Crippen LogP contribution in [0.15, 0.2) is 70.6 Å². The first-order valence-corrected chi connectivity index (χ1v) is 13.4. The van der Waals surface area contributed by atoms with Crippen molar-refractivity contribution in [2.24, 2.45) is 9.98 Å². The van der Waals surface area contributed by atoms with Crippen LogP contribution in [0.1, 0.15) is 52.6 Å². The van der Waals surface area contributed by atoms with Gasteiger partial charge in [0.25, 0.3) is 23.6 Å². The van der Waals surface area contributed by atoms with Crippen molar-refractivity contribution in [1.29, 1.82) is 0 Å². The zero-order valence-corrected chi connectivity index (χ0v) is 23.1. The molecular formula is C30H30N8O4. The van der Waals surface area contributed by atoms with Gasteiger partial charge >= 0.3 is 0 Å². The molecule has 2 heterocycles. The Bertz CT molecular complexity index is 1510. The summed E-state index contributed by atoms with van der Waals surface area (Å²) in [7, 11) is 3.07. The van der Waals surface area contributed by atoms with Crippen molar-refractivity contribution >= 4 is 46.7 Å². The van der Waals surface area contributed by atoms with E-state index in [2.05, 4.69) is 41.9 Å². The second-order valence-corrected chi connectivity index (χ2v) is 9.56. The summed E-state index contributed by atoms with van der Waals surface area (Å²) >= 11 is 0. The maximum Gasteiger partial charge on any atom is 0.255 e. The molecule has 214 valence electrons. The van der Waals surface area contributed by atoms with Gasteiger partial charge in [-0.1, -0.05) is 0 Å². The van der Waals surface area contributed by atoms with E-state index in [0.717, 1.165) is 0 Å². The van der Waals surface area contributed by atoms with Gasteiger partial charge in [0.2, 0.25) is 0 Å². The summed E-state index contributed by atoms with van der Waals surface area (Å²) in [5.41, 5.74) is 3.66. The molecule has 6 N–H and O–H groups in total. The third-order valence-corrected chi connectivity index (χ3v) is 6.66. The lowest BCUT2D eigenvalue weighted by atomic mass is 10.1. The number of rotatable bonds is 8. The molecule has 42 heavy (non-hydrogen) atoms. The molecule has 0 saturated heterocycles. The SMILES string of the molecule is CNC(=O)c1cc(NC(=O)c2ccc(C(=O)Nc3cc(C(=O)NC)cc(C4=NCCN4)c3)cc2)cc(C2=NCCN2)c1. The minimum Gasteiger partial charge on any atom is -0.368 e. The van der Waals surface area contributed by atoms with Gasteiger partial charge in [-0.2, -0.15) is 0 Å². The lowest BCUT2D eigenvalue weighted by Crippen LogP contribution is -2.23. The number of nitrogens with one attached hydrogen (secondary N) is 6. The number of hydrogen-bond acceptors (Lipinski definition) is 8. The summed E-state index contributed by atoms with van der Waals surface area (Å²) in [5.74, 6) is -0.0742. The standard InChI is InChI=1S/C30H30N8O4/c1-31-27(39)21-11-19(25-33-7-8-34-25)13-23(15-21)37-29(41)17-3-5-18(6-4-17)30(42)38-24-14-20(26-35-9-10-36-26)12-22(16-24)28(40)32-2/h3-6,11-16H,7-10H2,1-2H3,(H,31,39)(H,32,40)(H,33,34)(H,35,36)(H,37,41)(H,38,42). The van der Waals surface area contributed by atoms with Crippen molar-refractivity contribution in [3.05, 3.63) is 94.0 Å². The van der Waals surface area contributed by atoms with Crippen LogP contribution in [0.3, 0.4) is 0 Å². The lowest BCUT2D eigenvalue weighted by molar-refractivity contribution is 0.0955. The molecule has 3 aromatic carbocycles. The van der Waals surface area contributed by atoms with Crippen LogP contribution in [0.2, 0.25) is 0 Å². The molecule has 2 aliphatic rings. The molecule has 0 radical (unpaired) electrons. The van der Waals surface area contributed by atoms with E-state index < -0.39 is 11.8 Å². The van der Waals surface area contributed by atoms with E-state index >= 15 is 0 Å². The maximum atomic E-state index is 13.0. The summed E-state index contributed by atoms with van der Waals surface area (Å²) in [6, 6.07) is 16.3. The number of benzene rings is 3. The Morgan fingerprint density at radius 3 is 1.31 bits per heavy atom. The van der Waals surface area contributed by atoms with Crippen molar-refractivity contribution in [3.63, 3.8) is 0 Å². The highest BCUT2D eigenvalue weighted by molar-refractivity contribution is 6.10. The fourth-order valence-electron chi connectivity index (χ4n) is 4.59. The van der Waals surface area contributed by atoms with Gasteiger partial charge in [0.05, 0.1) is 13.1 Å². The van der Waals surface area contributed by atoms with Crippen molar-refractivity contribution in [2.45, 2.75) is 0 Å². The van der Waals surface area contributed by atoms with Gasteiger partial charge in [0.15, 0.2) is 0 Å². The first-order valence-electron chi connectivity index (χ1n) is 13.4. The zero-order chi connectivity index (χ0) is 29.6. The molecular weight excluding hydrogens is 536 g/mol. The monoisotopic (exact) mass is 566 g/mol. The Labute approximate surface area is 242 Å². The second kappa shape index (κ2) is 12.3. The summed E-state index contributed by atoms with van der Waals surface area (Å²) < 4.78 is 0. The first-order chi connectivity index (χ1) is 20.3. The first kappa shape index (κ1) is 28.0. The molecule has 5 rings (SSSR count). The van der Waals surface area contributed by atoms with Crippen molar-refractivity contribution in [1.82, 2.24) is 21.3 Å². The van der Waals surface area contributed by atoms with Crippen molar-refractivity contribution < 1.29 is 19.2 Å². The maximum absolute atomic E-state index is 13.0. The van der Waals surface area contributed by atoms with Crippen LogP contribution >= 0.6 is 0 Å². The van der Waals surface area contributed by atoms with Gasteiger partial charge in [-0.3, -0.25) is 29.2 Å². The van der Waals surface area contributed by atoms with Gasteiger partial charge in [-0.25, -0.2) is 0 Å². The summed E-state index contributed by atoms with van der Waals surface area (Å²) in [6.07, 6.45) is 0. The molecule has 12 nitrogen and oxygen atoms in total. The summed E-state index contributed by atoms with van der Waals surface area (Å²) in [5, 5.41) is 17.2. The number of carbonyl (C=O) groups is 4. The van der Waals surface area contributed by atoms with E-state index in [9.17, 15) is 19.2 Å². The number of carbonyl (C=O) groups excluding carboxylic acids is 4. The number of nitrogens with zero attached hydrogens (tertiary/aromatic N) is 2. The van der Waals surface area contributed by atoms with E-state index in [1.165, 1.54) is 14.1 Å². The average Bonchev–Trinajstić information content (AvgIpc) is 3.75. The van der Waals surface area contributed by atoms with Gasteiger partial charge in [0, 0.05) is 71.9 Å². The molecule has 3 aromatic rings. The molecule has 2 aliphatic heterocycles. The number of amides is 4. The van der Waals surface area contributed by atoms with Crippen LogP contribution < -0.4 is 31.9 Å². The normalized spacial score (nSPS) is 13.7. The van der Waals surface area contributed by atoms with Crippen LogP contribution in [0.4, 0.5) is 11.4 Å². The Balaban J connectivity index is 1.31. The number of hydrogen-bond donors (Lipinski definition) is 6. The predicted octanol–water partition coefficient (Wildman–Crippen LogP) is 1.61. The predicted molar refractivity (Wildman–Crippen MR) is 161 cm³/mol. The van der Waals surface area contributed by atoms with Gasteiger partial charge in [0.1, 0.15) is 11.7 Å². The Morgan fingerprint density at radius 2 is 0.976 bits per heavy atom. The third-order valence-electron chi connectivity index (χ3n) is 6.66. The number of anilines is 2. The third kappa shape index (κ3) is 6.28. The quantitative estimate of drug-likeness (QED) is 0.242. The van der Waals surface area contributed by atoms with E-state index in [1.807, 2.05) is 0 Å². The molecule has 0 aromatic heterocycles. The Kier molecular flexibility index (Phi) is 8.23. The second-order valence-electron chi connectivity index (χ2n) is 9.56. The fraction of sp³-hybridized carbons (Fsp3) is 0.200. The van der Waals surface area contributed by atoms with Gasteiger partial charge in [-0.05, 0) is 60.7 Å².